The maximum absolute atomic E-state index is 14.2. The number of thiophene rings is 1. The van der Waals surface area contributed by atoms with Gasteiger partial charge in [0.2, 0.25) is 11.8 Å². The van der Waals surface area contributed by atoms with Crippen LogP contribution in [0.2, 0.25) is 0 Å². The van der Waals surface area contributed by atoms with Crippen LogP contribution >= 0.6 is 11.3 Å². The van der Waals surface area contributed by atoms with E-state index in [0.29, 0.717) is 43.0 Å². The van der Waals surface area contributed by atoms with Crippen LogP contribution < -0.4 is 10.5 Å². The first-order valence-electron chi connectivity index (χ1n) is 13.4. The summed E-state index contributed by atoms with van der Waals surface area (Å²) in [5.41, 5.74) is 12.5. The molecule has 1 aromatic carbocycles. The van der Waals surface area contributed by atoms with Crippen LogP contribution in [0.1, 0.15) is 51.8 Å². The first kappa shape index (κ1) is 29.8. The number of amides is 3. The normalized spacial score (nSPS) is 19.0. The Balaban J connectivity index is 1.67. The molecule has 216 valence electrons. The summed E-state index contributed by atoms with van der Waals surface area (Å²) < 4.78 is 5.90. The third-order valence-electron chi connectivity index (χ3n) is 7.93. The van der Waals surface area contributed by atoms with E-state index in [1.54, 1.807) is 36.4 Å². The van der Waals surface area contributed by atoms with Crippen molar-refractivity contribution in [3.05, 3.63) is 74.3 Å². The fourth-order valence-corrected chi connectivity index (χ4v) is 6.70. The molecule has 3 N–H and O–H groups in total. The van der Waals surface area contributed by atoms with E-state index in [1.807, 2.05) is 32.0 Å². The molecule has 2 aliphatic rings. The van der Waals surface area contributed by atoms with E-state index < -0.39 is 29.9 Å². The second kappa shape index (κ2) is 12.2. The molecule has 1 atom stereocenters. The van der Waals surface area contributed by atoms with Gasteiger partial charge in [0.25, 0.3) is 0 Å². The number of carbonyl (C=O) groups excluding carboxylic acids is 2. The van der Waals surface area contributed by atoms with Gasteiger partial charge in [-0.25, -0.2) is 9.69 Å². The number of nitrogens with zero attached hydrogens (tertiary/aromatic N) is 3. The van der Waals surface area contributed by atoms with Gasteiger partial charge in [-0.2, -0.15) is 0 Å². The summed E-state index contributed by atoms with van der Waals surface area (Å²) in [5.74, 6) is -0.330. The van der Waals surface area contributed by atoms with Crippen molar-refractivity contribution in [2.45, 2.75) is 52.0 Å². The van der Waals surface area contributed by atoms with Gasteiger partial charge in [-0.05, 0) is 62.3 Å². The van der Waals surface area contributed by atoms with Gasteiger partial charge >= 0.3 is 6.09 Å². The Kier molecular flexibility index (Phi) is 8.85. The van der Waals surface area contributed by atoms with Gasteiger partial charge in [-0.3, -0.25) is 14.6 Å². The lowest BCUT2D eigenvalue weighted by atomic mass is 9.75. The van der Waals surface area contributed by atoms with E-state index in [9.17, 15) is 19.5 Å². The molecular weight excluding hydrogens is 540 g/mol. The maximum Gasteiger partial charge on any atom is 0.414 e. The molecule has 0 bridgehead atoms. The van der Waals surface area contributed by atoms with E-state index in [2.05, 4.69) is 17.3 Å². The zero-order valence-electron chi connectivity index (χ0n) is 24.0. The van der Waals surface area contributed by atoms with Crippen molar-refractivity contribution in [1.29, 1.82) is 0 Å². The minimum Gasteiger partial charge on any atom is -0.490 e. The van der Waals surface area contributed by atoms with Crippen molar-refractivity contribution >= 4 is 41.0 Å². The molecule has 0 saturated carbocycles. The number of hydrogen-bond donors (Lipinski definition) is 2. The SMILES string of the molecule is C=C=C1CCc2cc(C(C=NC)=CN)ccc2C(C)(C(=O)N(CC(=O)N2CCOc3c(sc(C)c3C)C2)C(=O)O)C1. The van der Waals surface area contributed by atoms with Crippen LogP contribution in [-0.4, -0.2) is 65.8 Å². The average Bonchev–Trinajstić information content (AvgIpc) is 3.10. The van der Waals surface area contributed by atoms with Crippen molar-refractivity contribution in [2.75, 3.05) is 26.7 Å². The van der Waals surface area contributed by atoms with Crippen LogP contribution in [-0.2, 0) is 28.0 Å². The molecule has 0 fully saturated rings. The smallest absolute Gasteiger partial charge is 0.414 e. The lowest BCUT2D eigenvalue weighted by molar-refractivity contribution is -0.142. The molecule has 0 spiro atoms. The topological polar surface area (TPSA) is 126 Å². The molecule has 2 heterocycles. The number of carbonyl (C=O) groups is 3. The second-order valence-corrected chi connectivity index (χ2v) is 11.9. The first-order chi connectivity index (χ1) is 19.5. The van der Waals surface area contributed by atoms with Gasteiger partial charge in [0.1, 0.15) is 18.9 Å². The van der Waals surface area contributed by atoms with Crippen LogP contribution in [0.15, 0.2) is 47.3 Å². The molecule has 10 heteroatoms. The van der Waals surface area contributed by atoms with Crippen LogP contribution in [0.3, 0.4) is 0 Å². The summed E-state index contributed by atoms with van der Waals surface area (Å²) in [6.45, 7) is 9.82. The van der Waals surface area contributed by atoms with E-state index in [1.165, 1.54) is 6.20 Å². The van der Waals surface area contributed by atoms with E-state index >= 15 is 0 Å². The zero-order valence-corrected chi connectivity index (χ0v) is 24.8. The van der Waals surface area contributed by atoms with Crippen molar-refractivity contribution in [3.8, 4) is 5.75 Å². The summed E-state index contributed by atoms with van der Waals surface area (Å²) >= 11 is 1.56. The molecule has 41 heavy (non-hydrogen) atoms. The summed E-state index contributed by atoms with van der Waals surface area (Å²) in [4.78, 5) is 48.5. The van der Waals surface area contributed by atoms with Gasteiger partial charge < -0.3 is 20.5 Å². The molecule has 1 unspecified atom stereocenters. The number of carboxylic acid groups (broad SMARTS) is 1. The number of allylic oxidation sites excluding steroid dienone is 2. The number of nitrogens with two attached hydrogens (primary N) is 1. The highest BCUT2D eigenvalue weighted by Crippen LogP contribution is 2.41. The molecule has 1 aromatic heterocycles. The molecular formula is C31H36N4O5S. The molecule has 0 radical (unpaired) electrons. The minimum atomic E-state index is -1.47. The summed E-state index contributed by atoms with van der Waals surface area (Å²) in [6.07, 6.45) is 3.13. The van der Waals surface area contributed by atoms with Gasteiger partial charge in [-0.1, -0.05) is 24.8 Å². The van der Waals surface area contributed by atoms with E-state index in [4.69, 9.17) is 10.5 Å². The number of fused-ring (bicyclic) bond motifs is 2. The number of ether oxygens (including phenoxy) is 1. The monoisotopic (exact) mass is 576 g/mol. The Hall–Kier alpha value is -4.14. The third-order valence-corrected chi connectivity index (χ3v) is 9.10. The Morgan fingerprint density at radius 3 is 2.73 bits per heavy atom. The van der Waals surface area contributed by atoms with Gasteiger partial charge in [0.15, 0.2) is 0 Å². The van der Waals surface area contributed by atoms with Gasteiger partial charge in [-0.15, -0.1) is 17.1 Å². The molecule has 2 aromatic rings. The number of hydrogen-bond acceptors (Lipinski definition) is 7. The Morgan fingerprint density at radius 1 is 1.32 bits per heavy atom. The lowest BCUT2D eigenvalue weighted by Gasteiger charge is -2.34. The number of imide groups is 1. The van der Waals surface area contributed by atoms with Crippen LogP contribution in [0, 0.1) is 13.8 Å². The third kappa shape index (κ3) is 5.85. The predicted octanol–water partition coefficient (Wildman–Crippen LogP) is 4.60. The summed E-state index contributed by atoms with van der Waals surface area (Å²) in [6, 6.07) is 5.66. The number of rotatable bonds is 5. The fraction of sp³-hybridized carbons (Fsp3) is 0.387. The van der Waals surface area contributed by atoms with Crippen molar-refractivity contribution in [1.82, 2.24) is 9.80 Å². The zero-order chi connectivity index (χ0) is 29.9. The number of benzene rings is 1. The minimum absolute atomic E-state index is 0.240. The molecule has 9 nitrogen and oxygen atoms in total. The van der Waals surface area contributed by atoms with Crippen LogP contribution in [0.5, 0.6) is 5.75 Å². The molecule has 0 saturated heterocycles. The summed E-state index contributed by atoms with van der Waals surface area (Å²) in [5, 5.41) is 10.2. The quantitative estimate of drug-likeness (QED) is 0.305. The lowest BCUT2D eigenvalue weighted by Crippen LogP contribution is -2.52. The van der Waals surface area contributed by atoms with Crippen molar-refractivity contribution in [2.24, 2.45) is 10.7 Å². The fourth-order valence-electron chi connectivity index (χ4n) is 5.56. The molecule has 1 aliphatic carbocycles. The van der Waals surface area contributed by atoms with Crippen molar-refractivity contribution in [3.63, 3.8) is 0 Å². The van der Waals surface area contributed by atoms with Gasteiger partial charge in [0, 0.05) is 35.5 Å². The Labute approximate surface area is 244 Å². The maximum atomic E-state index is 14.2. The Morgan fingerprint density at radius 2 is 2.07 bits per heavy atom. The average molecular weight is 577 g/mol. The highest BCUT2D eigenvalue weighted by Gasteiger charge is 2.44. The standard InChI is InChI=1S/C31H36N4O5S/c1-6-21-7-8-23-13-22(24(15-32)16-33-5)9-10-25(23)31(4,14-21)29(37)35(30(38)39)18-27(36)34-11-12-40-28-19(2)20(3)41-26(28)17-34/h9-10,13,15-16H,1,7-8,11-12,14,17-18,32H2,2-5H3,(H,38,39). The molecule has 3 amide bonds. The highest BCUT2D eigenvalue weighted by molar-refractivity contribution is 7.12. The molecule has 1 aliphatic heterocycles. The Bertz CT molecular complexity index is 1500. The highest BCUT2D eigenvalue weighted by atomic mass is 32.1. The van der Waals surface area contributed by atoms with Gasteiger partial charge in [0.05, 0.1) is 23.4 Å². The number of aliphatic imine (C=N–C) groups is 1. The number of aryl methyl sites for hydroxylation is 2. The van der Waals surface area contributed by atoms with Crippen LogP contribution in [0.25, 0.3) is 5.57 Å². The first-order valence-corrected chi connectivity index (χ1v) is 14.3. The van der Waals surface area contributed by atoms with E-state index in [0.717, 1.165) is 43.3 Å². The molecule has 4 rings (SSSR count). The van der Waals surface area contributed by atoms with Crippen LogP contribution in [0.4, 0.5) is 4.79 Å². The van der Waals surface area contributed by atoms with E-state index in [-0.39, 0.29) is 6.42 Å². The van der Waals surface area contributed by atoms with Crippen molar-refractivity contribution < 1.29 is 24.2 Å². The second-order valence-electron chi connectivity index (χ2n) is 10.5. The largest absolute Gasteiger partial charge is 0.490 e. The predicted molar refractivity (Wildman–Crippen MR) is 160 cm³/mol. The summed E-state index contributed by atoms with van der Waals surface area (Å²) in [7, 11) is 1.66.